The van der Waals surface area contributed by atoms with Crippen molar-refractivity contribution in [3.05, 3.63) is 30.0 Å². The second kappa shape index (κ2) is 12.7. The first-order chi connectivity index (χ1) is 16.6. The molecule has 0 atom stereocenters. The topological polar surface area (TPSA) is 112 Å². The fourth-order valence-electron chi connectivity index (χ4n) is 5.21. The summed E-state index contributed by atoms with van der Waals surface area (Å²) in [6, 6.07) is 6.95. The molecule has 0 spiro atoms. The van der Waals surface area contributed by atoms with Crippen LogP contribution in [0.1, 0.15) is 63.0 Å². The number of benzene rings is 1. The molecule has 0 unspecified atom stereocenters. The van der Waals surface area contributed by atoms with E-state index in [1.165, 1.54) is 12.8 Å². The highest BCUT2D eigenvalue weighted by molar-refractivity contribution is 5.85. The zero-order valence-electron chi connectivity index (χ0n) is 20.9. The van der Waals surface area contributed by atoms with Gasteiger partial charge in [0, 0.05) is 36.3 Å². The zero-order chi connectivity index (χ0) is 23.5. The number of ether oxygens (including phenoxy) is 2. The van der Waals surface area contributed by atoms with Crippen molar-refractivity contribution in [1.29, 1.82) is 0 Å². The van der Waals surface area contributed by atoms with Crippen molar-refractivity contribution < 1.29 is 9.47 Å². The zero-order valence-corrected chi connectivity index (χ0v) is 22.5. The summed E-state index contributed by atoms with van der Waals surface area (Å²) in [6.07, 6.45) is 10.8. The van der Waals surface area contributed by atoms with E-state index >= 15 is 0 Å². The summed E-state index contributed by atoms with van der Waals surface area (Å²) in [5, 5.41) is 7.08. The Balaban J connectivity index is 0.00000180. The second-order valence-corrected chi connectivity index (χ2v) is 9.43. The van der Waals surface area contributed by atoms with Crippen LogP contribution in [0.2, 0.25) is 0 Å². The summed E-state index contributed by atoms with van der Waals surface area (Å²) in [6.45, 7) is 0.587. The summed E-state index contributed by atoms with van der Waals surface area (Å²) >= 11 is 0. The minimum absolute atomic E-state index is 0. The normalized spacial score (nSPS) is 19.9. The van der Waals surface area contributed by atoms with Gasteiger partial charge in [-0.05, 0) is 50.7 Å². The van der Waals surface area contributed by atoms with Crippen molar-refractivity contribution in [2.75, 3.05) is 24.9 Å². The Bertz CT molecular complexity index is 1130. The van der Waals surface area contributed by atoms with Crippen molar-refractivity contribution in [2.45, 2.75) is 76.0 Å². The molecule has 0 aliphatic heterocycles. The highest BCUT2D eigenvalue weighted by atomic mass is 35.5. The molecule has 11 heteroatoms. The standard InChI is InChI=1S/C25H35N7O2.2ClH/c1-33-20-12-7-16(22(13-20)34-2)14-28-25-30-21-15-27-24(29-18-10-8-17(26)9-11-18)31-23(21)32(25)19-5-3-4-6-19;;/h7,12-13,15,17-19H,3-6,8-11,14,26H2,1-2H3,(H,28,30)(H,27,29,31);2*1H. The van der Waals surface area contributed by atoms with Crippen LogP contribution in [0, 0.1) is 0 Å². The summed E-state index contributed by atoms with van der Waals surface area (Å²) in [5.41, 5.74) is 8.81. The number of methoxy groups -OCH3 is 2. The molecule has 9 nitrogen and oxygen atoms in total. The van der Waals surface area contributed by atoms with Crippen LogP contribution in [-0.4, -0.2) is 45.8 Å². The molecule has 2 aliphatic carbocycles. The summed E-state index contributed by atoms with van der Waals surface area (Å²) < 4.78 is 13.2. The number of nitrogens with zero attached hydrogens (tertiary/aromatic N) is 4. The number of hydrogen-bond donors (Lipinski definition) is 3. The van der Waals surface area contributed by atoms with E-state index in [-0.39, 0.29) is 24.8 Å². The Morgan fingerprint density at radius 2 is 1.75 bits per heavy atom. The Kier molecular flexibility index (Phi) is 9.87. The first-order valence-corrected chi connectivity index (χ1v) is 12.4. The quantitative estimate of drug-likeness (QED) is 0.364. The molecule has 0 saturated heterocycles. The molecule has 2 saturated carbocycles. The lowest BCUT2D eigenvalue weighted by atomic mass is 9.92. The molecule has 4 N–H and O–H groups in total. The van der Waals surface area contributed by atoms with Crippen LogP contribution >= 0.6 is 24.8 Å². The lowest BCUT2D eigenvalue weighted by molar-refractivity contribution is 0.391. The third-order valence-corrected chi connectivity index (χ3v) is 7.16. The number of nitrogens with one attached hydrogen (secondary N) is 2. The molecule has 2 aliphatic rings. The van der Waals surface area contributed by atoms with Crippen LogP contribution in [0.15, 0.2) is 24.4 Å². The maximum Gasteiger partial charge on any atom is 0.224 e. The number of rotatable bonds is 8. The summed E-state index contributed by atoms with van der Waals surface area (Å²) in [7, 11) is 3.33. The van der Waals surface area contributed by atoms with Crippen molar-refractivity contribution >= 4 is 47.9 Å². The lowest BCUT2D eigenvalue weighted by Gasteiger charge is -2.26. The lowest BCUT2D eigenvalue weighted by Crippen LogP contribution is -2.33. The fourth-order valence-corrected chi connectivity index (χ4v) is 5.21. The Labute approximate surface area is 224 Å². The van der Waals surface area contributed by atoms with E-state index in [2.05, 4.69) is 20.2 Å². The van der Waals surface area contributed by atoms with Crippen molar-refractivity contribution in [2.24, 2.45) is 5.73 Å². The highest BCUT2D eigenvalue weighted by Gasteiger charge is 2.25. The predicted molar refractivity (Wildman–Crippen MR) is 148 cm³/mol. The van der Waals surface area contributed by atoms with E-state index in [4.69, 9.17) is 25.2 Å². The molecule has 0 amide bonds. The smallest absolute Gasteiger partial charge is 0.224 e. The SMILES string of the molecule is COc1ccc(CNc2nc3cnc(NC4CCC(N)CC4)nc3n2C2CCCC2)c(OC)c1.Cl.Cl. The van der Waals surface area contributed by atoms with E-state index in [0.29, 0.717) is 30.6 Å². The van der Waals surface area contributed by atoms with Gasteiger partial charge >= 0.3 is 0 Å². The van der Waals surface area contributed by atoms with Crippen LogP contribution in [-0.2, 0) is 6.54 Å². The number of halogens is 2. The average molecular weight is 539 g/mol. The highest BCUT2D eigenvalue weighted by Crippen LogP contribution is 2.35. The van der Waals surface area contributed by atoms with Crippen LogP contribution < -0.4 is 25.8 Å². The van der Waals surface area contributed by atoms with Gasteiger partial charge in [-0.1, -0.05) is 12.8 Å². The van der Waals surface area contributed by atoms with Gasteiger partial charge in [0.2, 0.25) is 11.9 Å². The van der Waals surface area contributed by atoms with Gasteiger partial charge in [0.05, 0.1) is 20.4 Å². The third-order valence-electron chi connectivity index (χ3n) is 7.16. The Hall–Kier alpha value is -2.49. The van der Waals surface area contributed by atoms with Crippen LogP contribution in [0.4, 0.5) is 11.9 Å². The van der Waals surface area contributed by atoms with Crippen molar-refractivity contribution in [3.8, 4) is 11.5 Å². The second-order valence-electron chi connectivity index (χ2n) is 9.43. The Morgan fingerprint density at radius 3 is 2.44 bits per heavy atom. The van der Waals surface area contributed by atoms with Gasteiger partial charge in [0.15, 0.2) is 5.65 Å². The van der Waals surface area contributed by atoms with E-state index in [1.54, 1.807) is 14.2 Å². The van der Waals surface area contributed by atoms with E-state index in [9.17, 15) is 0 Å². The molecule has 3 aromatic rings. The minimum Gasteiger partial charge on any atom is -0.497 e. The van der Waals surface area contributed by atoms with Gasteiger partial charge in [-0.15, -0.1) is 24.8 Å². The number of anilines is 2. The molecule has 0 bridgehead atoms. The molecule has 2 heterocycles. The molecule has 5 rings (SSSR count). The van der Waals surface area contributed by atoms with Crippen molar-refractivity contribution in [1.82, 2.24) is 19.5 Å². The number of nitrogens with two attached hydrogens (primary N) is 1. The molecule has 0 radical (unpaired) electrons. The molecule has 1 aromatic carbocycles. The maximum atomic E-state index is 6.07. The summed E-state index contributed by atoms with van der Waals surface area (Å²) in [5.74, 6) is 3.06. The predicted octanol–water partition coefficient (Wildman–Crippen LogP) is 5.10. The van der Waals surface area contributed by atoms with Gasteiger partial charge in [0.25, 0.3) is 0 Å². The minimum atomic E-state index is 0. The van der Waals surface area contributed by atoms with Gasteiger partial charge in [-0.25, -0.2) is 9.97 Å². The molecule has 2 aromatic heterocycles. The van der Waals surface area contributed by atoms with Gasteiger partial charge in [-0.2, -0.15) is 4.98 Å². The maximum absolute atomic E-state index is 6.07. The van der Waals surface area contributed by atoms with Crippen molar-refractivity contribution in [3.63, 3.8) is 0 Å². The monoisotopic (exact) mass is 537 g/mol. The molecular formula is C25H37Cl2N7O2. The van der Waals surface area contributed by atoms with Crippen LogP contribution in [0.3, 0.4) is 0 Å². The number of hydrogen-bond acceptors (Lipinski definition) is 8. The van der Waals surface area contributed by atoms with Gasteiger partial charge in [-0.3, -0.25) is 4.57 Å². The number of imidazole rings is 1. The Morgan fingerprint density at radius 1 is 1.00 bits per heavy atom. The van der Waals surface area contributed by atoms with Crippen LogP contribution in [0.5, 0.6) is 11.5 Å². The molecule has 2 fully saturated rings. The summed E-state index contributed by atoms with van der Waals surface area (Å²) in [4.78, 5) is 14.4. The average Bonchev–Trinajstić information content (AvgIpc) is 3.51. The number of fused-ring (bicyclic) bond motifs is 1. The first kappa shape index (κ1) is 28.1. The van der Waals surface area contributed by atoms with Crippen LogP contribution in [0.25, 0.3) is 11.2 Å². The largest absolute Gasteiger partial charge is 0.497 e. The van der Waals surface area contributed by atoms with E-state index in [1.807, 2.05) is 24.4 Å². The van der Waals surface area contributed by atoms with Gasteiger partial charge in [0.1, 0.15) is 17.0 Å². The molecule has 198 valence electrons. The first-order valence-electron chi connectivity index (χ1n) is 12.4. The third kappa shape index (κ3) is 6.07. The fraction of sp³-hybridized carbons (Fsp3) is 0.560. The molecule has 36 heavy (non-hydrogen) atoms. The number of aromatic nitrogens is 4. The van der Waals surface area contributed by atoms with E-state index < -0.39 is 0 Å². The molecular weight excluding hydrogens is 501 g/mol. The van der Waals surface area contributed by atoms with E-state index in [0.717, 1.165) is 72.7 Å². The van der Waals surface area contributed by atoms with Gasteiger partial charge < -0.3 is 25.8 Å².